The van der Waals surface area contributed by atoms with Crippen LogP contribution in [0.1, 0.15) is 45.6 Å². The van der Waals surface area contributed by atoms with Crippen LogP contribution in [0.3, 0.4) is 0 Å². The molecule has 190 valence electrons. The molecule has 1 aromatic rings. The first-order valence-electron chi connectivity index (χ1n) is 10.4. The summed E-state index contributed by atoms with van der Waals surface area (Å²) in [6.45, 7) is 6.22. The van der Waals surface area contributed by atoms with Crippen molar-refractivity contribution in [3.05, 3.63) is 47.6 Å². The van der Waals surface area contributed by atoms with Gasteiger partial charge in [-0.3, -0.25) is 5.04 Å². The number of rotatable bonds is 13. The summed E-state index contributed by atoms with van der Waals surface area (Å²) >= 11 is 0.777. The maximum absolute atomic E-state index is 10.9. The number of unbranched alkanes of at least 4 members (excludes halogenated alkanes) is 1. The predicted molar refractivity (Wildman–Crippen MR) is 123 cm³/mol. The molecule has 1 aromatic carbocycles. The molecule has 0 bridgehead atoms. The largest absolute Gasteiger partial charge is 1.00 e. The fraction of sp³-hybridized carbons (Fsp3) is 0.476. The fourth-order valence-corrected chi connectivity index (χ4v) is 5.25. The quantitative estimate of drug-likeness (QED) is 0.0330. The maximum atomic E-state index is 10.9. The molecule has 0 unspecified atom stereocenters. The van der Waals surface area contributed by atoms with E-state index in [9.17, 15) is 31.2 Å². The molecule has 0 aromatic heterocycles. The summed E-state index contributed by atoms with van der Waals surface area (Å²) in [6.07, 6.45) is 6.21. The number of hydrogen-bond acceptors (Lipinski definition) is 10. The summed E-state index contributed by atoms with van der Waals surface area (Å²) in [5, 5.41) is 13.6. The van der Waals surface area contributed by atoms with Gasteiger partial charge < -0.3 is 14.4 Å². The van der Waals surface area contributed by atoms with Gasteiger partial charge in [0.05, 0.1) is 37.7 Å². The van der Waals surface area contributed by atoms with Gasteiger partial charge in [0.1, 0.15) is 6.54 Å². The second-order valence-electron chi connectivity index (χ2n) is 8.41. The Morgan fingerprint density at radius 1 is 1.08 bits per heavy atom. The van der Waals surface area contributed by atoms with Gasteiger partial charge in [0.2, 0.25) is 5.69 Å². The topological polar surface area (TPSA) is 159 Å². The van der Waals surface area contributed by atoms with Crippen LogP contribution in [0.2, 0.25) is 0 Å². The molecule has 1 aliphatic rings. The summed E-state index contributed by atoms with van der Waals surface area (Å²) in [7, 11) is -8.58. The van der Waals surface area contributed by atoms with Gasteiger partial charge in [-0.2, -0.15) is 8.91 Å². The molecule has 36 heavy (non-hydrogen) atoms. The van der Waals surface area contributed by atoms with Crippen molar-refractivity contribution in [1.29, 1.82) is 0 Å². The van der Waals surface area contributed by atoms with Gasteiger partial charge in [-0.1, -0.05) is 17.7 Å². The van der Waals surface area contributed by atoms with E-state index in [-0.39, 0.29) is 72.0 Å². The summed E-state index contributed by atoms with van der Waals surface area (Å²) in [5.41, 5.74) is 2.98. The monoisotopic (exact) mass is 579 g/mol. The third-order valence-corrected chi connectivity index (χ3v) is 7.49. The van der Waals surface area contributed by atoms with Crippen molar-refractivity contribution in [2.24, 2.45) is 0 Å². The smallest absolute Gasteiger partial charge is 0.748 e. The van der Waals surface area contributed by atoms with Gasteiger partial charge in [0.15, 0.2) is 5.71 Å². The summed E-state index contributed by atoms with van der Waals surface area (Å²) in [6, 6.07) is 5.49. The van der Waals surface area contributed by atoms with E-state index in [1.165, 1.54) is 0 Å². The Balaban J connectivity index is 0.00000612. The van der Waals surface area contributed by atoms with Gasteiger partial charge in [-0.15, -0.1) is 0 Å². The number of benzene rings is 1. The van der Waals surface area contributed by atoms with Crippen molar-refractivity contribution in [2.75, 3.05) is 18.1 Å². The van der Waals surface area contributed by atoms with Crippen LogP contribution in [0.5, 0.6) is 0 Å². The minimum Gasteiger partial charge on any atom is -0.748 e. The van der Waals surface area contributed by atoms with E-state index in [1.54, 1.807) is 25.1 Å². The maximum Gasteiger partial charge on any atom is 1.00 e. The molecule has 1 aliphatic heterocycles. The summed E-state index contributed by atoms with van der Waals surface area (Å²) in [5.74, 6) is -0.907. The molecule has 15 heteroatoms. The van der Waals surface area contributed by atoms with E-state index >= 15 is 0 Å². The third-order valence-electron chi connectivity index (χ3n) is 5.43. The van der Waals surface area contributed by atoms with Crippen LogP contribution in [0, 0.1) is 0 Å². The van der Waals surface area contributed by atoms with Gasteiger partial charge in [-0.25, -0.2) is 16.8 Å². The first kappa shape index (κ1) is 36.4. The van der Waals surface area contributed by atoms with Gasteiger partial charge in [0, 0.05) is 40.5 Å². The van der Waals surface area contributed by atoms with E-state index in [1.807, 2.05) is 36.6 Å². The Morgan fingerprint density at radius 3 is 2.31 bits per heavy atom. The van der Waals surface area contributed by atoms with Crippen LogP contribution in [0.15, 0.2) is 46.9 Å². The average molecular weight is 580 g/mol. The second kappa shape index (κ2) is 15.9. The minimum absolute atomic E-state index is 0. The summed E-state index contributed by atoms with van der Waals surface area (Å²) < 4.78 is 71.8. The second-order valence-corrected chi connectivity index (χ2v) is 12.2. The van der Waals surface area contributed by atoms with E-state index in [0.29, 0.717) is 17.9 Å². The standard InChI is InChI=1S/C21H29NO9S3.2Na/c1-16(11-14-34(27,28)29)7-6-8-20-21(2,3)18-15-17(32-31-30-23)9-10-19(18)22(20)12-4-5-13-33(24,25)26;;/h6-10,15H,4-5,11-14H2,1-3H3,(H2-,23,24,25,26,27,28,29);;/q;2*+1/p-2. The molecule has 0 saturated carbocycles. The number of hydrogen-bond donors (Lipinski definition) is 0. The van der Waals surface area contributed by atoms with Gasteiger partial charge >= 0.3 is 59.1 Å². The van der Waals surface area contributed by atoms with Crippen LogP contribution in [0.4, 0.5) is 5.69 Å². The van der Waals surface area contributed by atoms with E-state index < -0.39 is 37.2 Å². The minimum atomic E-state index is -4.29. The van der Waals surface area contributed by atoms with Crippen molar-refractivity contribution in [3.8, 4) is 0 Å². The Bertz CT molecular complexity index is 1190. The van der Waals surface area contributed by atoms with Crippen LogP contribution in [-0.4, -0.2) is 54.3 Å². The zero-order chi connectivity index (χ0) is 25.6. The molecule has 0 radical (unpaired) electrons. The molecular formula is C21H27NNa2O9S3. The van der Waals surface area contributed by atoms with Crippen LogP contribution >= 0.6 is 12.0 Å². The molecule has 0 fully saturated rings. The zero-order valence-electron chi connectivity index (χ0n) is 21.1. The first-order chi connectivity index (χ1) is 15.7. The molecule has 0 saturated heterocycles. The predicted octanol–water partition coefficient (Wildman–Crippen LogP) is -3.94. The SMILES string of the molecule is CC(=CC=CC1=[N+](CCCCS(=O)(=O)[O-])c2ccc(SOO[O-])cc2C1(C)C)CCS(=O)(=O)[O-].[Na+].[Na+]. The number of allylic oxidation sites excluding steroid dienone is 4. The van der Waals surface area contributed by atoms with Crippen molar-refractivity contribution in [1.82, 2.24) is 0 Å². The van der Waals surface area contributed by atoms with Crippen molar-refractivity contribution in [3.63, 3.8) is 0 Å². The Labute approximate surface area is 261 Å². The zero-order valence-corrected chi connectivity index (χ0v) is 27.5. The molecule has 0 aliphatic carbocycles. The Morgan fingerprint density at radius 2 is 1.72 bits per heavy atom. The molecule has 1 heterocycles. The van der Waals surface area contributed by atoms with Gasteiger partial charge in [-0.05, 0) is 45.7 Å². The van der Waals surface area contributed by atoms with E-state index in [4.69, 9.17) is 0 Å². The molecule has 0 amide bonds. The normalized spacial score (nSPS) is 15.6. The summed E-state index contributed by atoms with van der Waals surface area (Å²) in [4.78, 5) is 0.653. The number of fused-ring (bicyclic) bond motifs is 1. The Hall–Kier alpha value is 0.420. The molecule has 10 nitrogen and oxygen atoms in total. The average Bonchev–Trinajstić information content (AvgIpc) is 2.93. The van der Waals surface area contributed by atoms with Crippen LogP contribution in [0.25, 0.3) is 0 Å². The first-order valence-corrected chi connectivity index (χ1v) is 14.3. The van der Waals surface area contributed by atoms with Crippen molar-refractivity contribution in [2.45, 2.75) is 50.3 Å². The van der Waals surface area contributed by atoms with E-state index in [2.05, 4.69) is 9.37 Å². The number of nitrogens with zero attached hydrogens (tertiary/aromatic N) is 1. The molecular weight excluding hydrogens is 552 g/mol. The molecule has 0 spiro atoms. The molecule has 2 rings (SSSR count). The van der Waals surface area contributed by atoms with Crippen LogP contribution < -0.4 is 64.4 Å². The third kappa shape index (κ3) is 11.7. The van der Waals surface area contributed by atoms with Crippen molar-refractivity contribution >= 4 is 43.7 Å². The van der Waals surface area contributed by atoms with Gasteiger partial charge in [0.25, 0.3) is 0 Å². The molecule has 0 atom stereocenters. The van der Waals surface area contributed by atoms with E-state index in [0.717, 1.165) is 34.6 Å². The van der Waals surface area contributed by atoms with Crippen LogP contribution in [-0.2, 0) is 35.0 Å². The fourth-order valence-electron chi connectivity index (χ4n) is 3.72. The molecule has 0 N–H and O–H groups in total. The Kier molecular flexibility index (Phi) is 16.1. The van der Waals surface area contributed by atoms with Crippen molar-refractivity contribution < 1.29 is 104 Å².